The van der Waals surface area contributed by atoms with Gasteiger partial charge in [-0.3, -0.25) is 9.59 Å². The van der Waals surface area contributed by atoms with Gasteiger partial charge in [0.1, 0.15) is 12.2 Å². The molecule has 1 amide bonds. The summed E-state index contributed by atoms with van der Waals surface area (Å²) in [6.45, 7) is 0.0142. The molecule has 0 aliphatic rings. The van der Waals surface area contributed by atoms with Gasteiger partial charge >= 0.3 is 5.97 Å². The van der Waals surface area contributed by atoms with E-state index in [1.807, 2.05) is 12.1 Å². The standard InChI is InChI=1S/C13H15BrN4O3S/c14-11-5-4-10(22-11)2-1-3-12(19)15-6-9-7-18(17-16-9)8-13(20)21/h4-5,7H,1-3,6,8H2,(H,15,19)(H,20,21). The molecular formula is C13H15BrN4O3S. The van der Waals surface area contributed by atoms with Crippen LogP contribution in [0.2, 0.25) is 0 Å². The molecule has 0 bridgehead atoms. The van der Waals surface area contributed by atoms with Crippen molar-refractivity contribution in [1.29, 1.82) is 0 Å². The molecule has 0 saturated carbocycles. The molecule has 0 aliphatic carbocycles. The van der Waals surface area contributed by atoms with E-state index in [4.69, 9.17) is 5.11 Å². The average molecular weight is 387 g/mol. The van der Waals surface area contributed by atoms with Crippen LogP contribution in [0.25, 0.3) is 0 Å². The lowest BCUT2D eigenvalue weighted by Gasteiger charge is -2.02. The summed E-state index contributed by atoms with van der Waals surface area (Å²) in [6, 6.07) is 4.05. The van der Waals surface area contributed by atoms with Gasteiger partial charge in [-0.2, -0.15) is 0 Å². The second kappa shape index (κ2) is 8.04. The van der Waals surface area contributed by atoms with Crippen molar-refractivity contribution >= 4 is 39.1 Å². The number of carboxylic acid groups (broad SMARTS) is 1. The van der Waals surface area contributed by atoms with Crippen LogP contribution in [-0.2, 0) is 29.1 Å². The Morgan fingerprint density at radius 1 is 1.41 bits per heavy atom. The van der Waals surface area contributed by atoms with Crippen LogP contribution in [0.15, 0.2) is 22.1 Å². The number of rotatable bonds is 8. The number of halogens is 1. The second-order valence-corrected chi connectivity index (χ2v) is 7.18. The van der Waals surface area contributed by atoms with Gasteiger partial charge in [-0.05, 0) is 40.9 Å². The SMILES string of the molecule is O=C(O)Cn1cc(CNC(=O)CCCc2ccc(Br)s2)nn1. The third kappa shape index (κ3) is 5.57. The number of nitrogens with zero attached hydrogens (tertiary/aromatic N) is 3. The summed E-state index contributed by atoms with van der Waals surface area (Å²) < 4.78 is 2.31. The van der Waals surface area contributed by atoms with Gasteiger partial charge < -0.3 is 10.4 Å². The zero-order chi connectivity index (χ0) is 15.9. The molecule has 0 aromatic carbocycles. The molecule has 118 valence electrons. The highest BCUT2D eigenvalue weighted by Gasteiger charge is 2.07. The van der Waals surface area contributed by atoms with Crippen LogP contribution >= 0.6 is 27.3 Å². The highest BCUT2D eigenvalue weighted by molar-refractivity contribution is 9.11. The summed E-state index contributed by atoms with van der Waals surface area (Å²) in [6.07, 6.45) is 3.61. The zero-order valence-corrected chi connectivity index (χ0v) is 14.1. The van der Waals surface area contributed by atoms with E-state index in [0.29, 0.717) is 12.1 Å². The molecule has 0 unspecified atom stereocenters. The number of carbonyl (C=O) groups is 2. The molecule has 2 aromatic heterocycles. The minimum absolute atomic E-state index is 0.0524. The third-order valence-electron chi connectivity index (χ3n) is 2.81. The Hall–Kier alpha value is -1.74. The van der Waals surface area contributed by atoms with Crippen molar-refractivity contribution in [2.75, 3.05) is 0 Å². The van der Waals surface area contributed by atoms with E-state index in [9.17, 15) is 9.59 Å². The topological polar surface area (TPSA) is 97.1 Å². The molecule has 22 heavy (non-hydrogen) atoms. The first-order valence-corrected chi connectivity index (χ1v) is 8.25. The highest BCUT2D eigenvalue weighted by Crippen LogP contribution is 2.23. The van der Waals surface area contributed by atoms with Gasteiger partial charge in [-0.15, -0.1) is 16.4 Å². The lowest BCUT2D eigenvalue weighted by molar-refractivity contribution is -0.138. The van der Waals surface area contributed by atoms with E-state index in [0.717, 1.165) is 16.6 Å². The van der Waals surface area contributed by atoms with Crippen molar-refractivity contribution in [3.05, 3.63) is 32.7 Å². The monoisotopic (exact) mass is 386 g/mol. The van der Waals surface area contributed by atoms with Gasteiger partial charge in [-0.25, -0.2) is 4.68 Å². The molecule has 9 heteroatoms. The Kier molecular flexibility index (Phi) is 6.08. The molecule has 7 nitrogen and oxygen atoms in total. The molecule has 0 saturated heterocycles. The predicted octanol–water partition coefficient (Wildman–Crippen LogP) is 1.83. The van der Waals surface area contributed by atoms with Gasteiger partial charge in [-0.1, -0.05) is 5.21 Å². The molecule has 0 fully saturated rings. The van der Waals surface area contributed by atoms with Gasteiger partial charge in [0, 0.05) is 11.3 Å². The van der Waals surface area contributed by atoms with Crippen LogP contribution in [0.4, 0.5) is 0 Å². The fraction of sp³-hybridized carbons (Fsp3) is 0.385. The van der Waals surface area contributed by atoms with Crippen molar-refractivity contribution in [1.82, 2.24) is 20.3 Å². The molecule has 2 rings (SSSR count). The zero-order valence-electron chi connectivity index (χ0n) is 11.7. The quantitative estimate of drug-likeness (QED) is 0.720. The van der Waals surface area contributed by atoms with Gasteiger partial charge in [0.05, 0.1) is 16.5 Å². The number of carbonyl (C=O) groups excluding carboxylic acids is 1. The molecular weight excluding hydrogens is 372 g/mol. The van der Waals surface area contributed by atoms with E-state index in [-0.39, 0.29) is 19.0 Å². The molecule has 0 atom stereocenters. The number of hydrogen-bond donors (Lipinski definition) is 2. The van der Waals surface area contributed by atoms with Crippen molar-refractivity contribution in [3.63, 3.8) is 0 Å². The number of hydrogen-bond acceptors (Lipinski definition) is 5. The van der Waals surface area contributed by atoms with Crippen LogP contribution in [0.1, 0.15) is 23.4 Å². The summed E-state index contributed by atoms with van der Waals surface area (Å²) in [5.74, 6) is -1.04. The van der Waals surface area contributed by atoms with Crippen LogP contribution < -0.4 is 5.32 Å². The van der Waals surface area contributed by atoms with Crippen molar-refractivity contribution in [3.8, 4) is 0 Å². The lowest BCUT2D eigenvalue weighted by atomic mass is 10.2. The fourth-order valence-corrected chi connectivity index (χ4v) is 3.35. The first-order valence-electron chi connectivity index (χ1n) is 6.64. The largest absolute Gasteiger partial charge is 0.480 e. The summed E-state index contributed by atoms with van der Waals surface area (Å²) in [5.41, 5.74) is 0.539. The van der Waals surface area contributed by atoms with Crippen molar-refractivity contribution < 1.29 is 14.7 Å². The summed E-state index contributed by atoms with van der Waals surface area (Å²) in [4.78, 5) is 23.5. The van der Waals surface area contributed by atoms with Crippen LogP contribution in [0.3, 0.4) is 0 Å². The van der Waals surface area contributed by atoms with Gasteiger partial charge in [0.15, 0.2) is 0 Å². The van der Waals surface area contributed by atoms with Crippen LogP contribution in [0.5, 0.6) is 0 Å². The summed E-state index contributed by atoms with van der Waals surface area (Å²) in [5, 5.41) is 18.8. The second-order valence-electron chi connectivity index (χ2n) is 4.64. The van der Waals surface area contributed by atoms with E-state index in [1.54, 1.807) is 11.3 Å². The summed E-state index contributed by atoms with van der Waals surface area (Å²) in [7, 11) is 0. The van der Waals surface area contributed by atoms with Gasteiger partial charge in [0.25, 0.3) is 0 Å². The number of nitrogens with one attached hydrogen (secondary N) is 1. The molecule has 0 radical (unpaired) electrons. The predicted molar refractivity (Wildman–Crippen MR) is 84.5 cm³/mol. The lowest BCUT2D eigenvalue weighted by Crippen LogP contribution is -2.22. The third-order valence-corrected chi connectivity index (χ3v) is 4.49. The molecule has 0 aliphatic heterocycles. The number of carboxylic acids is 1. The molecule has 2 N–H and O–H groups in total. The van der Waals surface area contributed by atoms with Gasteiger partial charge in [0.2, 0.25) is 5.91 Å². The maximum Gasteiger partial charge on any atom is 0.325 e. The number of aryl methyl sites for hydroxylation is 1. The van der Waals surface area contributed by atoms with Crippen LogP contribution in [0, 0.1) is 0 Å². The molecule has 0 spiro atoms. The Morgan fingerprint density at radius 2 is 2.23 bits per heavy atom. The van der Waals surface area contributed by atoms with E-state index < -0.39 is 5.97 Å². The number of amides is 1. The number of aromatic nitrogens is 3. The van der Waals surface area contributed by atoms with Crippen LogP contribution in [-0.4, -0.2) is 32.0 Å². The maximum absolute atomic E-state index is 11.7. The Morgan fingerprint density at radius 3 is 2.91 bits per heavy atom. The smallest absolute Gasteiger partial charge is 0.325 e. The van der Waals surface area contributed by atoms with E-state index in [1.165, 1.54) is 15.8 Å². The Balaban J connectivity index is 1.66. The Labute approximate surface area is 139 Å². The highest BCUT2D eigenvalue weighted by atomic mass is 79.9. The van der Waals surface area contributed by atoms with Crippen molar-refractivity contribution in [2.45, 2.75) is 32.4 Å². The molecule has 2 aromatic rings. The number of aliphatic carboxylic acids is 1. The minimum Gasteiger partial charge on any atom is -0.480 e. The normalized spacial score (nSPS) is 10.6. The van der Waals surface area contributed by atoms with Crippen molar-refractivity contribution in [2.24, 2.45) is 0 Å². The maximum atomic E-state index is 11.7. The summed E-state index contributed by atoms with van der Waals surface area (Å²) >= 11 is 5.08. The molecule has 2 heterocycles. The fourth-order valence-electron chi connectivity index (χ4n) is 1.82. The van der Waals surface area contributed by atoms with E-state index in [2.05, 4.69) is 31.6 Å². The first kappa shape index (κ1) is 16.6. The number of thiophene rings is 1. The average Bonchev–Trinajstić information content (AvgIpc) is 3.05. The minimum atomic E-state index is -0.985. The Bertz CT molecular complexity index is 655. The first-order chi connectivity index (χ1) is 10.5. The van der Waals surface area contributed by atoms with E-state index >= 15 is 0 Å².